The van der Waals surface area contributed by atoms with Crippen LogP contribution in [0.3, 0.4) is 0 Å². The highest BCUT2D eigenvalue weighted by atomic mass is 35.5. The largest absolute Gasteiger partial charge is 0.330 e. The summed E-state index contributed by atoms with van der Waals surface area (Å²) in [6.07, 6.45) is 1.21. The van der Waals surface area contributed by atoms with Crippen LogP contribution in [0.5, 0.6) is 0 Å². The first-order valence-electron chi connectivity index (χ1n) is 5.34. The van der Waals surface area contributed by atoms with Crippen molar-refractivity contribution in [2.45, 2.75) is 19.8 Å². The van der Waals surface area contributed by atoms with Gasteiger partial charge in [0.1, 0.15) is 0 Å². The predicted molar refractivity (Wildman–Crippen MR) is 78.9 cm³/mol. The van der Waals surface area contributed by atoms with Gasteiger partial charge < -0.3 is 5.32 Å². The molecule has 0 fully saturated rings. The van der Waals surface area contributed by atoms with Gasteiger partial charge in [0.2, 0.25) is 5.91 Å². The average molecular weight is 306 g/mol. The number of anilines is 1. The highest BCUT2D eigenvalue weighted by Gasteiger charge is 2.06. The normalized spacial score (nSPS) is 9.72. The molecule has 1 rings (SSSR count). The van der Waals surface area contributed by atoms with Gasteiger partial charge in [-0.05, 0) is 30.8 Å². The summed E-state index contributed by atoms with van der Waals surface area (Å²) in [6.45, 7) is 1.92. The number of carbonyl (C=O) groups is 1. The van der Waals surface area contributed by atoms with E-state index in [1.807, 2.05) is 6.92 Å². The fourth-order valence-electron chi connectivity index (χ4n) is 1.17. The lowest BCUT2D eigenvalue weighted by atomic mass is 10.3. The van der Waals surface area contributed by atoms with E-state index in [0.717, 1.165) is 6.42 Å². The molecule has 0 spiro atoms. The molecule has 0 saturated carbocycles. The van der Waals surface area contributed by atoms with Crippen LogP contribution in [0.25, 0.3) is 0 Å². The minimum absolute atomic E-state index is 0.126. The zero-order chi connectivity index (χ0) is 13.5. The van der Waals surface area contributed by atoms with Crippen molar-refractivity contribution in [1.82, 2.24) is 10.9 Å². The zero-order valence-corrected chi connectivity index (χ0v) is 12.0. The van der Waals surface area contributed by atoms with E-state index in [1.54, 1.807) is 18.2 Å². The molecule has 0 aliphatic carbocycles. The molecule has 0 saturated heterocycles. The van der Waals surface area contributed by atoms with Crippen molar-refractivity contribution in [2.24, 2.45) is 0 Å². The van der Waals surface area contributed by atoms with E-state index >= 15 is 0 Å². The molecule has 18 heavy (non-hydrogen) atoms. The van der Waals surface area contributed by atoms with Crippen LogP contribution in [0, 0.1) is 0 Å². The van der Waals surface area contributed by atoms with Crippen molar-refractivity contribution in [3.8, 4) is 0 Å². The second kappa shape index (κ2) is 7.41. The zero-order valence-electron chi connectivity index (χ0n) is 9.72. The molecule has 0 unspecified atom stereocenters. The van der Waals surface area contributed by atoms with Gasteiger partial charge in [0.15, 0.2) is 5.11 Å². The van der Waals surface area contributed by atoms with Crippen LogP contribution in [0.4, 0.5) is 5.69 Å². The Kier molecular flexibility index (Phi) is 6.18. The number of hydrogen-bond donors (Lipinski definition) is 3. The number of benzene rings is 1. The Bertz CT molecular complexity index is 454. The highest BCUT2D eigenvalue weighted by molar-refractivity contribution is 7.80. The summed E-state index contributed by atoms with van der Waals surface area (Å²) in [4.78, 5) is 11.2. The quantitative estimate of drug-likeness (QED) is 0.593. The van der Waals surface area contributed by atoms with Gasteiger partial charge in [-0.2, -0.15) is 0 Å². The summed E-state index contributed by atoms with van der Waals surface area (Å²) in [5, 5.41) is 3.89. The molecule has 3 N–H and O–H groups in total. The third-order valence-corrected chi connectivity index (χ3v) is 3.02. The van der Waals surface area contributed by atoms with E-state index in [0.29, 0.717) is 22.2 Å². The molecule has 1 aromatic carbocycles. The van der Waals surface area contributed by atoms with Gasteiger partial charge >= 0.3 is 0 Å². The molecule has 0 atom stereocenters. The molecule has 0 aromatic heterocycles. The SMILES string of the molecule is CCCC(=O)NNC(=S)Nc1cccc(Cl)c1Cl. The molecule has 0 heterocycles. The van der Waals surface area contributed by atoms with Crippen LogP contribution in [0.15, 0.2) is 18.2 Å². The summed E-state index contributed by atoms with van der Waals surface area (Å²) in [7, 11) is 0. The molecular weight excluding hydrogens is 293 g/mol. The van der Waals surface area contributed by atoms with Crippen molar-refractivity contribution in [3.63, 3.8) is 0 Å². The number of thiocarbonyl (C=S) groups is 1. The Labute approximate surface area is 121 Å². The standard InChI is InChI=1S/C11H13Cl2N3OS/c1-2-4-9(17)15-16-11(18)14-8-6-3-5-7(12)10(8)13/h3,5-6H,2,4H2,1H3,(H,15,17)(H2,14,16,18). The predicted octanol–water partition coefficient (Wildman–Crippen LogP) is 3.11. The topological polar surface area (TPSA) is 53.2 Å². The molecule has 7 heteroatoms. The number of carbonyl (C=O) groups excluding carboxylic acids is 1. The minimum Gasteiger partial charge on any atom is -0.330 e. The lowest BCUT2D eigenvalue weighted by Crippen LogP contribution is -2.43. The van der Waals surface area contributed by atoms with Gasteiger partial charge in [-0.1, -0.05) is 36.2 Å². The minimum atomic E-state index is -0.126. The summed E-state index contributed by atoms with van der Waals surface area (Å²) in [6, 6.07) is 5.15. The van der Waals surface area contributed by atoms with Crippen molar-refractivity contribution in [3.05, 3.63) is 28.2 Å². The van der Waals surface area contributed by atoms with Crippen LogP contribution in [0.1, 0.15) is 19.8 Å². The van der Waals surface area contributed by atoms with Crippen molar-refractivity contribution >= 4 is 52.1 Å². The van der Waals surface area contributed by atoms with E-state index in [9.17, 15) is 4.79 Å². The maximum absolute atomic E-state index is 11.2. The lowest BCUT2D eigenvalue weighted by molar-refractivity contribution is -0.121. The smallest absolute Gasteiger partial charge is 0.238 e. The fraction of sp³-hybridized carbons (Fsp3) is 0.273. The average Bonchev–Trinajstić information content (AvgIpc) is 2.33. The summed E-state index contributed by atoms with van der Waals surface area (Å²) >= 11 is 16.8. The molecule has 0 radical (unpaired) electrons. The molecule has 0 aliphatic rings. The lowest BCUT2D eigenvalue weighted by Gasteiger charge is -2.12. The van der Waals surface area contributed by atoms with E-state index < -0.39 is 0 Å². The van der Waals surface area contributed by atoms with Crippen molar-refractivity contribution in [2.75, 3.05) is 5.32 Å². The van der Waals surface area contributed by atoms with Crippen LogP contribution < -0.4 is 16.2 Å². The number of amides is 1. The van der Waals surface area contributed by atoms with Gasteiger partial charge in [-0.15, -0.1) is 0 Å². The molecule has 0 aliphatic heterocycles. The molecule has 4 nitrogen and oxygen atoms in total. The van der Waals surface area contributed by atoms with Crippen LogP contribution in [-0.2, 0) is 4.79 Å². The maximum atomic E-state index is 11.2. The molecule has 98 valence electrons. The van der Waals surface area contributed by atoms with Gasteiger partial charge in [-0.25, -0.2) is 0 Å². The Morgan fingerprint density at radius 1 is 1.33 bits per heavy atom. The summed E-state index contributed by atoms with van der Waals surface area (Å²) < 4.78 is 0. The Morgan fingerprint density at radius 3 is 2.72 bits per heavy atom. The number of hydrogen-bond acceptors (Lipinski definition) is 2. The number of nitrogens with one attached hydrogen (secondary N) is 3. The van der Waals surface area contributed by atoms with Crippen molar-refractivity contribution < 1.29 is 4.79 Å². The van der Waals surface area contributed by atoms with E-state index in [4.69, 9.17) is 35.4 Å². The second-order valence-electron chi connectivity index (χ2n) is 3.48. The van der Waals surface area contributed by atoms with Gasteiger partial charge in [0, 0.05) is 6.42 Å². The Morgan fingerprint density at radius 2 is 2.06 bits per heavy atom. The van der Waals surface area contributed by atoms with Crippen LogP contribution in [0.2, 0.25) is 10.0 Å². The maximum Gasteiger partial charge on any atom is 0.238 e. The molecule has 1 amide bonds. The number of hydrazine groups is 1. The van der Waals surface area contributed by atoms with Crippen molar-refractivity contribution in [1.29, 1.82) is 0 Å². The van der Waals surface area contributed by atoms with Gasteiger partial charge in [-0.3, -0.25) is 15.6 Å². The Balaban J connectivity index is 2.50. The summed E-state index contributed by atoms with van der Waals surface area (Å²) in [5.74, 6) is -0.126. The van der Waals surface area contributed by atoms with Gasteiger partial charge in [0.05, 0.1) is 15.7 Å². The number of halogens is 2. The third kappa shape index (κ3) is 4.68. The second-order valence-corrected chi connectivity index (χ2v) is 4.67. The first-order valence-corrected chi connectivity index (χ1v) is 6.51. The first-order chi connectivity index (χ1) is 8.54. The van der Waals surface area contributed by atoms with E-state index in [-0.39, 0.29) is 11.0 Å². The van der Waals surface area contributed by atoms with Crippen LogP contribution in [-0.4, -0.2) is 11.0 Å². The Hall–Kier alpha value is -1.04. The van der Waals surface area contributed by atoms with Gasteiger partial charge in [0.25, 0.3) is 0 Å². The molecule has 1 aromatic rings. The van der Waals surface area contributed by atoms with Crippen LogP contribution >= 0.6 is 35.4 Å². The number of rotatable bonds is 3. The highest BCUT2D eigenvalue weighted by Crippen LogP contribution is 2.29. The molecular formula is C11H13Cl2N3OS. The summed E-state index contributed by atoms with van der Waals surface area (Å²) in [5.41, 5.74) is 5.63. The third-order valence-electron chi connectivity index (χ3n) is 1.99. The van der Waals surface area contributed by atoms with E-state index in [1.165, 1.54) is 0 Å². The van der Waals surface area contributed by atoms with E-state index in [2.05, 4.69) is 16.2 Å². The first kappa shape index (κ1) is 15.0. The fourth-order valence-corrected chi connectivity index (χ4v) is 1.68. The molecule has 0 bridgehead atoms. The monoisotopic (exact) mass is 305 g/mol.